The van der Waals surface area contributed by atoms with Gasteiger partial charge in [0.25, 0.3) is 0 Å². The monoisotopic (exact) mass is 516 g/mol. The molecule has 1 saturated heterocycles. The van der Waals surface area contributed by atoms with Crippen molar-refractivity contribution in [3.8, 4) is 0 Å². The summed E-state index contributed by atoms with van der Waals surface area (Å²) in [6.45, 7) is 3.40. The predicted octanol–water partition coefficient (Wildman–Crippen LogP) is 3.83. The number of anilines is 1. The topological polar surface area (TPSA) is 140 Å². The molecule has 0 radical (unpaired) electrons. The molecule has 0 N–H and O–H groups in total. The molecular formula is C24H28N4O7S. The SMILES string of the molecule is CC(=O)OCC1O[C@H](Sc2ccc3c(N(C)C)cccc3c2)C(OC(C)=O)C(N=[N+]=[N-])[C@H]1OC(C)=O. The van der Waals surface area contributed by atoms with Gasteiger partial charge in [0, 0.05) is 55.7 Å². The van der Waals surface area contributed by atoms with E-state index < -0.39 is 47.7 Å². The number of carbonyl (C=O) groups excluding carboxylic acids is 3. The molecule has 2 aromatic carbocycles. The van der Waals surface area contributed by atoms with E-state index in [4.69, 9.17) is 18.9 Å². The number of esters is 3. The Kier molecular flexibility index (Phi) is 9.03. The molecule has 3 rings (SSSR count). The minimum atomic E-state index is -1.14. The number of hydrogen-bond acceptors (Lipinski definition) is 10. The fraction of sp³-hybridized carbons (Fsp3) is 0.458. The van der Waals surface area contributed by atoms with Crippen molar-refractivity contribution in [2.24, 2.45) is 5.11 Å². The number of ether oxygens (including phenoxy) is 4. The second kappa shape index (κ2) is 12.0. The fourth-order valence-electron chi connectivity index (χ4n) is 4.01. The maximum absolute atomic E-state index is 12.0. The zero-order valence-electron chi connectivity index (χ0n) is 20.6. The number of hydrogen-bond donors (Lipinski definition) is 0. The standard InChI is InChI=1S/C24H28N4O7S/c1-13(29)32-12-20-22(33-14(2)30)21(26-27-25)23(34-15(3)31)24(35-20)36-17-9-10-18-16(11-17)7-6-8-19(18)28(4)5/h6-11,20-24H,12H2,1-5H3/t20?,21?,22-,23?,24+/m0/s1. The maximum Gasteiger partial charge on any atom is 0.303 e. The lowest BCUT2D eigenvalue weighted by Gasteiger charge is -2.43. The zero-order valence-corrected chi connectivity index (χ0v) is 21.4. The van der Waals surface area contributed by atoms with E-state index in [-0.39, 0.29) is 6.61 Å². The molecule has 11 nitrogen and oxygen atoms in total. The molecule has 12 heteroatoms. The number of thioether (sulfide) groups is 1. The van der Waals surface area contributed by atoms with Gasteiger partial charge in [-0.15, -0.1) is 0 Å². The molecule has 192 valence electrons. The third-order valence-electron chi connectivity index (χ3n) is 5.42. The number of nitrogens with zero attached hydrogens (tertiary/aromatic N) is 4. The Morgan fingerprint density at radius 1 is 1.06 bits per heavy atom. The summed E-state index contributed by atoms with van der Waals surface area (Å²) in [6.07, 6.45) is -3.18. The normalized spacial score (nSPS) is 23.3. The van der Waals surface area contributed by atoms with Crippen LogP contribution in [0.4, 0.5) is 5.69 Å². The first kappa shape index (κ1) is 27.1. The van der Waals surface area contributed by atoms with Crippen LogP contribution in [0.2, 0.25) is 0 Å². The van der Waals surface area contributed by atoms with Crippen molar-refractivity contribution in [3.63, 3.8) is 0 Å². The maximum atomic E-state index is 12.0. The highest BCUT2D eigenvalue weighted by molar-refractivity contribution is 7.99. The first-order valence-corrected chi connectivity index (χ1v) is 12.0. The molecule has 1 aliphatic rings. The second-order valence-electron chi connectivity index (χ2n) is 8.36. The first-order chi connectivity index (χ1) is 17.1. The summed E-state index contributed by atoms with van der Waals surface area (Å²) in [6, 6.07) is 10.7. The Morgan fingerprint density at radius 2 is 1.75 bits per heavy atom. The van der Waals surface area contributed by atoms with Crippen LogP contribution in [0.5, 0.6) is 0 Å². The highest BCUT2D eigenvalue weighted by atomic mass is 32.2. The van der Waals surface area contributed by atoms with E-state index in [9.17, 15) is 19.9 Å². The van der Waals surface area contributed by atoms with E-state index in [1.54, 1.807) is 0 Å². The van der Waals surface area contributed by atoms with Gasteiger partial charge in [-0.2, -0.15) is 0 Å². The molecule has 0 bridgehead atoms. The average molecular weight is 517 g/mol. The molecule has 0 saturated carbocycles. The van der Waals surface area contributed by atoms with Gasteiger partial charge in [0.1, 0.15) is 36.4 Å². The molecular weight excluding hydrogens is 488 g/mol. The van der Waals surface area contributed by atoms with Gasteiger partial charge in [0.2, 0.25) is 0 Å². The molecule has 1 aliphatic heterocycles. The Bertz CT molecular complexity index is 1180. The molecule has 1 fully saturated rings. The smallest absolute Gasteiger partial charge is 0.303 e. The van der Waals surface area contributed by atoms with Crippen LogP contribution in [0.15, 0.2) is 46.4 Å². The van der Waals surface area contributed by atoms with Gasteiger partial charge in [-0.05, 0) is 29.1 Å². The van der Waals surface area contributed by atoms with Crippen molar-refractivity contribution in [2.45, 2.75) is 55.5 Å². The molecule has 0 amide bonds. The van der Waals surface area contributed by atoms with Crippen LogP contribution in [-0.4, -0.2) is 68.4 Å². The summed E-state index contributed by atoms with van der Waals surface area (Å²) in [5, 5.41) is 5.84. The van der Waals surface area contributed by atoms with Crippen LogP contribution >= 0.6 is 11.8 Å². The Balaban J connectivity index is 2.00. The van der Waals surface area contributed by atoms with Crippen molar-refractivity contribution in [3.05, 3.63) is 46.8 Å². The Morgan fingerprint density at radius 3 is 2.36 bits per heavy atom. The first-order valence-electron chi connectivity index (χ1n) is 11.1. The Labute approximate surface area is 212 Å². The number of rotatable bonds is 8. The molecule has 2 aromatic rings. The van der Waals surface area contributed by atoms with Crippen molar-refractivity contribution in [1.29, 1.82) is 0 Å². The molecule has 5 atom stereocenters. The van der Waals surface area contributed by atoms with Crippen LogP contribution in [0.1, 0.15) is 20.8 Å². The number of benzene rings is 2. The van der Waals surface area contributed by atoms with E-state index in [0.717, 1.165) is 21.4 Å². The second-order valence-corrected chi connectivity index (χ2v) is 9.53. The molecule has 0 spiro atoms. The largest absolute Gasteiger partial charge is 0.463 e. The van der Waals surface area contributed by atoms with Gasteiger partial charge in [0.15, 0.2) is 0 Å². The molecule has 0 aliphatic carbocycles. The van der Waals surface area contributed by atoms with E-state index in [1.165, 1.54) is 32.5 Å². The van der Waals surface area contributed by atoms with E-state index >= 15 is 0 Å². The quantitative estimate of drug-likeness (QED) is 0.168. The van der Waals surface area contributed by atoms with E-state index in [2.05, 4.69) is 10.0 Å². The lowest BCUT2D eigenvalue weighted by Crippen LogP contribution is -2.59. The number of carbonyl (C=O) groups is 3. The van der Waals surface area contributed by atoms with Gasteiger partial charge in [-0.1, -0.05) is 35.1 Å². The predicted molar refractivity (Wildman–Crippen MR) is 133 cm³/mol. The minimum Gasteiger partial charge on any atom is -0.463 e. The van der Waals surface area contributed by atoms with Crippen molar-refractivity contribution >= 4 is 46.1 Å². The van der Waals surface area contributed by atoms with E-state index in [0.29, 0.717) is 0 Å². The molecule has 1 heterocycles. The highest BCUT2D eigenvalue weighted by Gasteiger charge is 2.50. The van der Waals surface area contributed by atoms with Gasteiger partial charge in [-0.3, -0.25) is 14.4 Å². The molecule has 0 aromatic heterocycles. The average Bonchev–Trinajstić information content (AvgIpc) is 2.80. The minimum absolute atomic E-state index is 0.251. The zero-order chi connectivity index (χ0) is 26.4. The lowest BCUT2D eigenvalue weighted by molar-refractivity contribution is -0.201. The number of azide groups is 1. The van der Waals surface area contributed by atoms with Crippen molar-refractivity contribution in [1.82, 2.24) is 0 Å². The summed E-state index contributed by atoms with van der Waals surface area (Å²) >= 11 is 1.25. The van der Waals surface area contributed by atoms with Crippen LogP contribution < -0.4 is 4.90 Å². The Hall–Kier alpha value is -3.47. The van der Waals surface area contributed by atoms with Crippen LogP contribution in [-0.2, 0) is 33.3 Å². The van der Waals surface area contributed by atoms with Gasteiger partial charge < -0.3 is 23.8 Å². The van der Waals surface area contributed by atoms with E-state index in [1.807, 2.05) is 55.4 Å². The number of fused-ring (bicyclic) bond motifs is 1. The molecule has 3 unspecified atom stereocenters. The van der Waals surface area contributed by atoms with Crippen LogP contribution in [0, 0.1) is 0 Å². The molecule has 36 heavy (non-hydrogen) atoms. The third-order valence-corrected chi connectivity index (χ3v) is 6.56. The summed E-state index contributed by atoms with van der Waals surface area (Å²) in [7, 11) is 3.94. The third kappa shape index (κ3) is 6.60. The van der Waals surface area contributed by atoms with Gasteiger partial charge in [0.05, 0.1) is 0 Å². The summed E-state index contributed by atoms with van der Waals surface area (Å²) in [5.74, 6) is -1.84. The summed E-state index contributed by atoms with van der Waals surface area (Å²) in [4.78, 5) is 40.9. The van der Waals surface area contributed by atoms with Crippen LogP contribution in [0.25, 0.3) is 21.2 Å². The summed E-state index contributed by atoms with van der Waals surface area (Å²) < 4.78 is 22.2. The van der Waals surface area contributed by atoms with Gasteiger partial charge in [-0.25, -0.2) is 0 Å². The lowest BCUT2D eigenvalue weighted by atomic mass is 9.97. The van der Waals surface area contributed by atoms with Crippen molar-refractivity contribution in [2.75, 3.05) is 25.6 Å². The highest BCUT2D eigenvalue weighted by Crippen LogP contribution is 2.39. The van der Waals surface area contributed by atoms with Gasteiger partial charge >= 0.3 is 17.9 Å². The summed E-state index contributed by atoms with van der Waals surface area (Å²) in [5.41, 5.74) is 9.44. The van der Waals surface area contributed by atoms with Crippen molar-refractivity contribution < 1.29 is 33.3 Å². The fourth-order valence-corrected chi connectivity index (χ4v) is 5.17. The van der Waals surface area contributed by atoms with Crippen LogP contribution in [0.3, 0.4) is 0 Å².